The quantitative estimate of drug-likeness (QED) is 0.557. The van der Waals surface area contributed by atoms with E-state index in [2.05, 4.69) is 0 Å². The highest BCUT2D eigenvalue weighted by Crippen LogP contribution is 2.26. The van der Waals surface area contributed by atoms with Gasteiger partial charge in [0, 0.05) is 12.5 Å². The predicted octanol–water partition coefficient (Wildman–Crippen LogP) is -0.902. The van der Waals surface area contributed by atoms with Gasteiger partial charge >= 0.3 is 0 Å². The Hall–Kier alpha value is -0.200. The fraction of sp³-hybridized carbons (Fsp3) is 1.00. The second-order valence-electron chi connectivity index (χ2n) is 3.52. The molecular formula is C9H18O5. The fourth-order valence-corrected chi connectivity index (χ4v) is 1.57. The summed E-state index contributed by atoms with van der Waals surface area (Å²) in [6, 6.07) is 0. The van der Waals surface area contributed by atoms with Crippen LogP contribution in [-0.4, -0.2) is 53.1 Å². The van der Waals surface area contributed by atoms with Gasteiger partial charge in [0.1, 0.15) is 12.2 Å². The second-order valence-corrected chi connectivity index (χ2v) is 3.52. The van der Waals surface area contributed by atoms with Crippen molar-refractivity contribution >= 4 is 0 Å². The van der Waals surface area contributed by atoms with E-state index in [1.165, 1.54) is 0 Å². The summed E-state index contributed by atoms with van der Waals surface area (Å²) in [5, 5.41) is 28.0. The number of aliphatic hydroxyl groups excluding tert-OH is 3. The largest absolute Gasteiger partial charge is 0.394 e. The smallest absolute Gasteiger partial charge is 0.163 e. The number of rotatable bonds is 3. The lowest BCUT2D eigenvalue weighted by Crippen LogP contribution is -2.55. The van der Waals surface area contributed by atoms with Gasteiger partial charge in [-0.05, 0) is 6.92 Å². The Kier molecular flexibility index (Phi) is 4.28. The Balaban J connectivity index is 2.63. The first-order valence-corrected chi connectivity index (χ1v) is 4.85. The first-order chi connectivity index (χ1) is 6.61. The summed E-state index contributed by atoms with van der Waals surface area (Å²) in [5.41, 5.74) is 0. The summed E-state index contributed by atoms with van der Waals surface area (Å²) >= 11 is 0. The Morgan fingerprint density at radius 2 is 1.93 bits per heavy atom. The summed E-state index contributed by atoms with van der Waals surface area (Å²) in [4.78, 5) is 0. The van der Waals surface area contributed by atoms with Crippen LogP contribution in [-0.2, 0) is 9.47 Å². The SMILES string of the molecule is CCO[C@@H]1OC(CO)[C@H](O)C(O)[C@@H]1C. The molecule has 84 valence electrons. The van der Waals surface area contributed by atoms with Gasteiger partial charge in [0.15, 0.2) is 6.29 Å². The van der Waals surface area contributed by atoms with E-state index < -0.39 is 24.6 Å². The summed E-state index contributed by atoms with van der Waals surface area (Å²) in [6.45, 7) is 3.70. The number of aliphatic hydroxyl groups is 3. The molecule has 5 nitrogen and oxygen atoms in total. The van der Waals surface area contributed by atoms with Crippen LogP contribution in [0.2, 0.25) is 0 Å². The fourth-order valence-electron chi connectivity index (χ4n) is 1.57. The maximum Gasteiger partial charge on any atom is 0.163 e. The molecule has 0 aromatic heterocycles. The molecule has 2 unspecified atom stereocenters. The van der Waals surface area contributed by atoms with Crippen molar-refractivity contribution in [3.8, 4) is 0 Å². The van der Waals surface area contributed by atoms with Gasteiger partial charge < -0.3 is 24.8 Å². The number of hydrogen-bond donors (Lipinski definition) is 3. The van der Waals surface area contributed by atoms with Crippen molar-refractivity contribution in [3.05, 3.63) is 0 Å². The summed E-state index contributed by atoms with van der Waals surface area (Å²) in [7, 11) is 0. The molecule has 0 saturated carbocycles. The summed E-state index contributed by atoms with van der Waals surface area (Å²) in [6.07, 6.45) is -3.29. The average molecular weight is 206 g/mol. The van der Waals surface area contributed by atoms with E-state index in [9.17, 15) is 10.2 Å². The first-order valence-electron chi connectivity index (χ1n) is 4.85. The standard InChI is InChI=1S/C9H18O5/c1-3-13-9-5(2)7(11)8(12)6(4-10)14-9/h5-12H,3-4H2,1-2H3/t5-,6?,7?,8-,9+/m0/s1. The highest BCUT2D eigenvalue weighted by Gasteiger charge is 2.42. The molecule has 1 saturated heterocycles. The van der Waals surface area contributed by atoms with Crippen molar-refractivity contribution in [3.63, 3.8) is 0 Å². The van der Waals surface area contributed by atoms with Gasteiger partial charge in [-0.1, -0.05) is 6.92 Å². The van der Waals surface area contributed by atoms with Gasteiger partial charge in [-0.3, -0.25) is 0 Å². The molecule has 5 atom stereocenters. The lowest BCUT2D eigenvalue weighted by Gasteiger charge is -2.40. The van der Waals surface area contributed by atoms with E-state index in [4.69, 9.17) is 14.6 Å². The molecule has 3 N–H and O–H groups in total. The zero-order valence-corrected chi connectivity index (χ0v) is 8.46. The lowest BCUT2D eigenvalue weighted by atomic mass is 9.92. The summed E-state index contributed by atoms with van der Waals surface area (Å²) < 4.78 is 10.5. The molecule has 1 aliphatic heterocycles. The van der Waals surface area contributed by atoms with Gasteiger partial charge in [-0.15, -0.1) is 0 Å². The van der Waals surface area contributed by atoms with Crippen LogP contribution in [0.3, 0.4) is 0 Å². The van der Waals surface area contributed by atoms with Crippen LogP contribution in [0.1, 0.15) is 13.8 Å². The summed E-state index contributed by atoms with van der Waals surface area (Å²) in [5.74, 6) is -0.298. The minimum Gasteiger partial charge on any atom is -0.394 e. The minimum absolute atomic E-state index is 0.298. The van der Waals surface area contributed by atoms with Crippen LogP contribution in [0.25, 0.3) is 0 Å². The van der Waals surface area contributed by atoms with E-state index in [1.807, 2.05) is 6.92 Å². The van der Waals surface area contributed by atoms with E-state index in [1.54, 1.807) is 6.92 Å². The Bertz CT molecular complexity index is 171. The molecule has 0 spiro atoms. The van der Waals surface area contributed by atoms with Crippen molar-refractivity contribution < 1.29 is 24.8 Å². The van der Waals surface area contributed by atoms with Crippen LogP contribution in [0.5, 0.6) is 0 Å². The van der Waals surface area contributed by atoms with Crippen molar-refractivity contribution in [2.75, 3.05) is 13.2 Å². The van der Waals surface area contributed by atoms with Gasteiger partial charge in [-0.25, -0.2) is 0 Å². The van der Waals surface area contributed by atoms with Crippen LogP contribution >= 0.6 is 0 Å². The molecule has 0 amide bonds. The molecule has 1 rings (SSSR count). The molecule has 0 aromatic rings. The molecular weight excluding hydrogens is 188 g/mol. The third kappa shape index (κ3) is 2.24. The van der Waals surface area contributed by atoms with E-state index in [-0.39, 0.29) is 12.5 Å². The third-order valence-corrected chi connectivity index (χ3v) is 2.52. The third-order valence-electron chi connectivity index (χ3n) is 2.52. The van der Waals surface area contributed by atoms with Gasteiger partial charge in [0.25, 0.3) is 0 Å². The zero-order chi connectivity index (χ0) is 10.7. The molecule has 0 radical (unpaired) electrons. The molecule has 1 fully saturated rings. The molecule has 5 heteroatoms. The highest BCUT2D eigenvalue weighted by atomic mass is 16.7. The molecule has 0 aliphatic carbocycles. The monoisotopic (exact) mass is 206 g/mol. The van der Waals surface area contributed by atoms with E-state index in [0.717, 1.165) is 0 Å². The lowest BCUT2D eigenvalue weighted by molar-refractivity contribution is -0.281. The predicted molar refractivity (Wildman–Crippen MR) is 48.6 cm³/mol. The minimum atomic E-state index is -1.05. The van der Waals surface area contributed by atoms with Crippen LogP contribution < -0.4 is 0 Å². The van der Waals surface area contributed by atoms with Crippen molar-refractivity contribution in [2.45, 2.75) is 38.4 Å². The van der Waals surface area contributed by atoms with E-state index in [0.29, 0.717) is 6.61 Å². The molecule has 1 aliphatic rings. The Labute approximate surface area is 83.3 Å². The Morgan fingerprint density at radius 1 is 1.29 bits per heavy atom. The van der Waals surface area contributed by atoms with Crippen LogP contribution in [0.4, 0.5) is 0 Å². The normalized spacial score (nSPS) is 43.9. The number of ether oxygens (including phenoxy) is 2. The van der Waals surface area contributed by atoms with E-state index >= 15 is 0 Å². The second kappa shape index (κ2) is 5.04. The van der Waals surface area contributed by atoms with Gasteiger partial charge in [-0.2, -0.15) is 0 Å². The number of hydrogen-bond acceptors (Lipinski definition) is 5. The first kappa shape index (κ1) is 11.9. The zero-order valence-electron chi connectivity index (χ0n) is 8.46. The van der Waals surface area contributed by atoms with Gasteiger partial charge in [0.2, 0.25) is 0 Å². The maximum absolute atomic E-state index is 9.62. The van der Waals surface area contributed by atoms with Crippen molar-refractivity contribution in [1.29, 1.82) is 0 Å². The van der Waals surface area contributed by atoms with Crippen LogP contribution in [0.15, 0.2) is 0 Å². The highest BCUT2D eigenvalue weighted by molar-refractivity contribution is 4.86. The van der Waals surface area contributed by atoms with Crippen molar-refractivity contribution in [1.82, 2.24) is 0 Å². The molecule has 1 heterocycles. The molecule has 0 bridgehead atoms. The maximum atomic E-state index is 9.62. The molecule has 14 heavy (non-hydrogen) atoms. The molecule has 0 aromatic carbocycles. The van der Waals surface area contributed by atoms with Gasteiger partial charge in [0.05, 0.1) is 12.7 Å². The topological polar surface area (TPSA) is 79.2 Å². The average Bonchev–Trinajstić information content (AvgIpc) is 2.19. The van der Waals surface area contributed by atoms with Crippen LogP contribution in [0, 0.1) is 5.92 Å². The Morgan fingerprint density at radius 3 is 2.43 bits per heavy atom. The van der Waals surface area contributed by atoms with Crippen molar-refractivity contribution in [2.24, 2.45) is 5.92 Å².